The third kappa shape index (κ3) is 2.84. The number of H-pyrrole nitrogens is 1. The molecule has 1 saturated carbocycles. The fourth-order valence-electron chi connectivity index (χ4n) is 3.52. The molecule has 0 atom stereocenters. The zero-order chi connectivity index (χ0) is 17.7. The van der Waals surface area contributed by atoms with Crippen molar-refractivity contribution in [2.45, 2.75) is 32.0 Å². The van der Waals surface area contributed by atoms with Gasteiger partial charge in [0.2, 0.25) is 6.79 Å². The number of nitrogens with zero attached hydrogens (tertiary/aromatic N) is 3. The maximum atomic E-state index is 12.6. The smallest absolute Gasteiger partial charge is 0.252 e. The number of hydrogen-bond donors (Lipinski definition) is 1. The average Bonchev–Trinajstić information content (AvgIpc) is 3.24. The fourth-order valence-corrected chi connectivity index (χ4v) is 3.52. The first-order chi connectivity index (χ1) is 12.7. The van der Waals surface area contributed by atoms with E-state index in [1.165, 1.54) is 18.4 Å². The summed E-state index contributed by atoms with van der Waals surface area (Å²) in [5, 5.41) is 5.20. The summed E-state index contributed by atoms with van der Waals surface area (Å²) in [6, 6.07) is 6.27. The fraction of sp³-hybridized carbons (Fsp3) is 0.368. The molecule has 1 aromatic carbocycles. The SMILES string of the molecule is Cn1cc(CN(Cc2cc3cc4c(cc3[nH]c2=O)OCO4)C2CC2)cn1. The molecule has 0 spiro atoms. The first-order valence-corrected chi connectivity index (χ1v) is 8.83. The largest absolute Gasteiger partial charge is 0.454 e. The first-order valence-electron chi connectivity index (χ1n) is 8.83. The van der Waals surface area contributed by atoms with Crippen molar-refractivity contribution in [1.82, 2.24) is 19.7 Å². The van der Waals surface area contributed by atoms with Crippen LogP contribution in [-0.2, 0) is 20.1 Å². The third-order valence-electron chi connectivity index (χ3n) is 5.00. The highest BCUT2D eigenvalue weighted by Crippen LogP contribution is 2.35. The van der Waals surface area contributed by atoms with Crippen molar-refractivity contribution in [1.29, 1.82) is 0 Å². The summed E-state index contributed by atoms with van der Waals surface area (Å²) >= 11 is 0. The maximum Gasteiger partial charge on any atom is 0.252 e. The van der Waals surface area contributed by atoms with Crippen molar-refractivity contribution in [3.63, 3.8) is 0 Å². The van der Waals surface area contributed by atoms with E-state index in [0.717, 1.165) is 28.8 Å². The molecule has 2 aromatic heterocycles. The van der Waals surface area contributed by atoms with E-state index in [2.05, 4.69) is 15.0 Å². The van der Waals surface area contributed by atoms with Gasteiger partial charge in [0.15, 0.2) is 11.5 Å². The van der Waals surface area contributed by atoms with Crippen LogP contribution in [0.2, 0.25) is 0 Å². The lowest BCUT2D eigenvalue weighted by Crippen LogP contribution is -2.28. The molecule has 0 saturated heterocycles. The molecule has 7 heteroatoms. The van der Waals surface area contributed by atoms with Gasteiger partial charge in [0.05, 0.1) is 11.7 Å². The number of aromatic nitrogens is 3. The van der Waals surface area contributed by atoms with E-state index in [-0.39, 0.29) is 12.4 Å². The average molecular weight is 352 g/mol. The van der Waals surface area contributed by atoms with E-state index in [1.807, 2.05) is 42.3 Å². The number of aromatic amines is 1. The van der Waals surface area contributed by atoms with Crippen LogP contribution in [0.3, 0.4) is 0 Å². The standard InChI is InChI=1S/C19H20N4O3/c1-22-8-12(7-20-22)9-23(15-2-3-15)10-14-4-13-5-17-18(26-11-25-17)6-16(13)21-19(14)24/h4-8,15H,2-3,9-11H2,1H3,(H,21,24). The van der Waals surface area contributed by atoms with Crippen LogP contribution in [0.1, 0.15) is 24.0 Å². The number of rotatable bonds is 5. The van der Waals surface area contributed by atoms with Crippen molar-refractivity contribution in [2.75, 3.05) is 6.79 Å². The van der Waals surface area contributed by atoms with Gasteiger partial charge >= 0.3 is 0 Å². The maximum absolute atomic E-state index is 12.6. The molecule has 1 fully saturated rings. The van der Waals surface area contributed by atoms with E-state index in [9.17, 15) is 4.79 Å². The molecular formula is C19H20N4O3. The Bertz CT molecular complexity index is 1030. The van der Waals surface area contributed by atoms with Crippen molar-refractivity contribution in [2.24, 2.45) is 7.05 Å². The molecule has 1 aliphatic carbocycles. The van der Waals surface area contributed by atoms with Crippen LogP contribution in [0.15, 0.2) is 35.4 Å². The van der Waals surface area contributed by atoms with Gasteiger partial charge in [-0.15, -0.1) is 0 Å². The van der Waals surface area contributed by atoms with Gasteiger partial charge in [-0.25, -0.2) is 0 Å². The number of nitrogens with one attached hydrogen (secondary N) is 1. The Morgan fingerprint density at radius 3 is 2.77 bits per heavy atom. The van der Waals surface area contributed by atoms with Crippen molar-refractivity contribution in [3.8, 4) is 11.5 Å². The number of pyridine rings is 1. The highest BCUT2D eigenvalue weighted by atomic mass is 16.7. The molecule has 1 aliphatic heterocycles. The summed E-state index contributed by atoms with van der Waals surface area (Å²) in [6.07, 6.45) is 6.29. The second kappa shape index (κ2) is 5.88. The lowest BCUT2D eigenvalue weighted by atomic mass is 10.1. The summed E-state index contributed by atoms with van der Waals surface area (Å²) in [5.41, 5.74) is 2.66. The molecule has 0 radical (unpaired) electrons. The molecule has 0 amide bonds. The summed E-state index contributed by atoms with van der Waals surface area (Å²) in [4.78, 5) is 17.9. The van der Waals surface area contributed by atoms with Gasteiger partial charge < -0.3 is 14.5 Å². The Labute approximate surface area is 150 Å². The minimum absolute atomic E-state index is 0.0480. The van der Waals surface area contributed by atoms with Gasteiger partial charge in [0.25, 0.3) is 5.56 Å². The van der Waals surface area contributed by atoms with E-state index in [4.69, 9.17) is 9.47 Å². The number of aryl methyl sites for hydroxylation is 1. The molecule has 134 valence electrons. The molecule has 0 bridgehead atoms. The zero-order valence-electron chi connectivity index (χ0n) is 14.6. The van der Waals surface area contributed by atoms with Gasteiger partial charge in [-0.1, -0.05) is 0 Å². The summed E-state index contributed by atoms with van der Waals surface area (Å²) in [7, 11) is 1.92. The molecule has 0 unspecified atom stereocenters. The molecular weight excluding hydrogens is 332 g/mol. The van der Waals surface area contributed by atoms with Crippen LogP contribution < -0.4 is 15.0 Å². The Kier molecular flexibility index (Phi) is 3.49. The van der Waals surface area contributed by atoms with Crippen LogP contribution in [-0.4, -0.2) is 32.5 Å². The van der Waals surface area contributed by atoms with Crippen LogP contribution >= 0.6 is 0 Å². The normalized spacial score (nSPS) is 15.9. The van der Waals surface area contributed by atoms with Gasteiger partial charge in [0, 0.05) is 55.0 Å². The van der Waals surface area contributed by atoms with Gasteiger partial charge in [-0.2, -0.15) is 5.10 Å². The van der Waals surface area contributed by atoms with Crippen LogP contribution in [0.5, 0.6) is 11.5 Å². The van der Waals surface area contributed by atoms with Crippen molar-refractivity contribution < 1.29 is 9.47 Å². The van der Waals surface area contributed by atoms with Crippen molar-refractivity contribution in [3.05, 3.63) is 52.1 Å². The topological polar surface area (TPSA) is 72.4 Å². The molecule has 3 heterocycles. The van der Waals surface area contributed by atoms with E-state index in [1.54, 1.807) is 0 Å². The van der Waals surface area contributed by atoms with Crippen LogP contribution in [0, 0.1) is 0 Å². The lowest BCUT2D eigenvalue weighted by molar-refractivity contribution is 0.174. The zero-order valence-corrected chi connectivity index (χ0v) is 14.6. The van der Waals surface area contributed by atoms with Crippen LogP contribution in [0.25, 0.3) is 10.9 Å². The van der Waals surface area contributed by atoms with Crippen LogP contribution in [0.4, 0.5) is 0 Å². The molecule has 2 aliphatic rings. The first kappa shape index (κ1) is 15.5. The molecule has 3 aromatic rings. The highest BCUT2D eigenvalue weighted by Gasteiger charge is 2.30. The monoisotopic (exact) mass is 352 g/mol. The number of ether oxygens (including phenoxy) is 2. The molecule has 7 nitrogen and oxygen atoms in total. The Morgan fingerprint density at radius 1 is 1.23 bits per heavy atom. The molecule has 5 rings (SSSR count). The summed E-state index contributed by atoms with van der Waals surface area (Å²) < 4.78 is 12.7. The molecule has 1 N–H and O–H groups in total. The van der Waals surface area contributed by atoms with E-state index >= 15 is 0 Å². The summed E-state index contributed by atoms with van der Waals surface area (Å²) in [5.74, 6) is 1.40. The quantitative estimate of drug-likeness (QED) is 0.762. The predicted octanol–water partition coefficient (Wildman–Crippen LogP) is 2.15. The summed E-state index contributed by atoms with van der Waals surface area (Å²) in [6.45, 7) is 1.65. The van der Waals surface area contributed by atoms with Crippen molar-refractivity contribution >= 4 is 10.9 Å². The Balaban J connectivity index is 1.46. The lowest BCUT2D eigenvalue weighted by Gasteiger charge is -2.21. The second-order valence-electron chi connectivity index (χ2n) is 7.07. The molecule has 26 heavy (non-hydrogen) atoms. The van der Waals surface area contributed by atoms with E-state index in [0.29, 0.717) is 18.3 Å². The van der Waals surface area contributed by atoms with Gasteiger partial charge in [-0.05, 0) is 25.0 Å². The number of benzene rings is 1. The predicted molar refractivity (Wildman–Crippen MR) is 96.2 cm³/mol. The van der Waals surface area contributed by atoms with Gasteiger partial charge in [-0.3, -0.25) is 14.4 Å². The minimum Gasteiger partial charge on any atom is -0.454 e. The minimum atomic E-state index is -0.0480. The van der Waals surface area contributed by atoms with E-state index < -0.39 is 0 Å². The Hall–Kier alpha value is -2.80. The second-order valence-corrected chi connectivity index (χ2v) is 7.07. The third-order valence-corrected chi connectivity index (χ3v) is 5.00. The van der Waals surface area contributed by atoms with Gasteiger partial charge in [0.1, 0.15) is 0 Å². The number of fused-ring (bicyclic) bond motifs is 2. The number of hydrogen-bond acceptors (Lipinski definition) is 5. The highest BCUT2D eigenvalue weighted by molar-refractivity contribution is 5.83. The Morgan fingerprint density at radius 2 is 2.04 bits per heavy atom.